The molecule has 0 spiro atoms. The van der Waals surface area contributed by atoms with Crippen molar-refractivity contribution >= 4 is 6.09 Å². The number of hydrogen-bond donors (Lipinski definition) is 0. The molecular weight excluding hydrogens is 314 g/mol. The van der Waals surface area contributed by atoms with Crippen LogP contribution in [0.4, 0.5) is 4.79 Å². The summed E-state index contributed by atoms with van der Waals surface area (Å²) in [7, 11) is 1.72. The van der Waals surface area contributed by atoms with Gasteiger partial charge in [0.15, 0.2) is 0 Å². The predicted molar refractivity (Wildman–Crippen MR) is 95.5 cm³/mol. The topological polar surface area (TPSA) is 38.8 Å². The average Bonchev–Trinajstić information content (AvgIpc) is 2.98. The zero-order chi connectivity index (χ0) is 17.2. The number of amides is 1. The number of fused-ring (bicyclic) bond motifs is 1. The molecule has 4 rings (SSSR count). The van der Waals surface area contributed by atoms with Crippen molar-refractivity contribution in [3.63, 3.8) is 0 Å². The molecule has 1 aliphatic carbocycles. The summed E-state index contributed by atoms with van der Waals surface area (Å²) in [6, 6.07) is 18.0. The van der Waals surface area contributed by atoms with Crippen LogP contribution in [-0.4, -0.2) is 31.2 Å². The van der Waals surface area contributed by atoms with Crippen LogP contribution in [-0.2, 0) is 11.3 Å². The molecule has 1 aliphatic heterocycles. The maximum absolute atomic E-state index is 12.4. The van der Waals surface area contributed by atoms with E-state index in [2.05, 4.69) is 12.1 Å². The van der Waals surface area contributed by atoms with Gasteiger partial charge in [0.2, 0.25) is 0 Å². The molecule has 4 nitrogen and oxygen atoms in total. The quantitative estimate of drug-likeness (QED) is 0.844. The zero-order valence-corrected chi connectivity index (χ0v) is 14.4. The average molecular weight is 337 g/mol. The van der Waals surface area contributed by atoms with Crippen LogP contribution in [0.15, 0.2) is 54.6 Å². The van der Waals surface area contributed by atoms with E-state index < -0.39 is 0 Å². The van der Waals surface area contributed by atoms with E-state index in [1.54, 1.807) is 7.11 Å². The highest BCUT2D eigenvalue weighted by Gasteiger charge is 2.49. The van der Waals surface area contributed by atoms with Gasteiger partial charge in [-0.3, -0.25) is 0 Å². The van der Waals surface area contributed by atoms with Crippen molar-refractivity contribution in [2.24, 2.45) is 11.8 Å². The number of para-hydroxylation sites is 1. The van der Waals surface area contributed by atoms with Crippen LogP contribution in [0.1, 0.15) is 23.5 Å². The summed E-state index contributed by atoms with van der Waals surface area (Å²) in [6.07, 6.45) is 0.921. The van der Waals surface area contributed by atoms with Crippen LogP contribution in [0.2, 0.25) is 0 Å². The van der Waals surface area contributed by atoms with E-state index >= 15 is 0 Å². The molecule has 2 aromatic rings. The Morgan fingerprint density at radius 3 is 2.64 bits per heavy atom. The predicted octanol–water partition coefficient (Wildman–Crippen LogP) is 4.07. The van der Waals surface area contributed by atoms with Crippen molar-refractivity contribution in [3.05, 3.63) is 65.7 Å². The van der Waals surface area contributed by atoms with Gasteiger partial charge in [-0.2, -0.15) is 0 Å². The van der Waals surface area contributed by atoms with Gasteiger partial charge in [-0.05, 0) is 41.4 Å². The lowest BCUT2D eigenvalue weighted by atomic mass is 9.64. The smallest absolute Gasteiger partial charge is 0.410 e. The largest absolute Gasteiger partial charge is 0.496 e. The third-order valence-corrected chi connectivity index (χ3v) is 5.57. The number of carbonyl (C=O) groups excluding carboxylic acids is 1. The molecule has 1 saturated heterocycles. The summed E-state index contributed by atoms with van der Waals surface area (Å²) in [5.41, 5.74) is 2.29. The highest BCUT2D eigenvalue weighted by Crippen LogP contribution is 2.53. The summed E-state index contributed by atoms with van der Waals surface area (Å²) in [6.45, 7) is 1.92. The number of nitrogens with zero attached hydrogens (tertiary/aromatic N) is 1. The summed E-state index contributed by atoms with van der Waals surface area (Å²) < 4.78 is 11.0. The van der Waals surface area contributed by atoms with Crippen LogP contribution in [0.25, 0.3) is 0 Å². The second-order valence-electron chi connectivity index (χ2n) is 6.95. The van der Waals surface area contributed by atoms with E-state index in [-0.39, 0.29) is 6.09 Å². The Balaban J connectivity index is 1.36. The van der Waals surface area contributed by atoms with Crippen LogP contribution in [0, 0.1) is 11.8 Å². The van der Waals surface area contributed by atoms with Crippen molar-refractivity contribution < 1.29 is 14.3 Å². The minimum absolute atomic E-state index is 0.197. The molecule has 0 radical (unpaired) electrons. The van der Waals surface area contributed by atoms with E-state index in [0.717, 1.165) is 30.8 Å². The van der Waals surface area contributed by atoms with Crippen molar-refractivity contribution in [1.29, 1.82) is 0 Å². The molecule has 3 atom stereocenters. The molecule has 0 N–H and O–H groups in total. The van der Waals surface area contributed by atoms with Gasteiger partial charge in [-0.1, -0.05) is 48.5 Å². The Morgan fingerprint density at radius 2 is 1.84 bits per heavy atom. The van der Waals surface area contributed by atoms with E-state index in [0.29, 0.717) is 24.4 Å². The highest BCUT2D eigenvalue weighted by atomic mass is 16.6. The van der Waals surface area contributed by atoms with Crippen LogP contribution < -0.4 is 4.74 Å². The van der Waals surface area contributed by atoms with Gasteiger partial charge < -0.3 is 14.4 Å². The summed E-state index contributed by atoms with van der Waals surface area (Å²) in [5, 5.41) is 0. The maximum Gasteiger partial charge on any atom is 0.410 e. The van der Waals surface area contributed by atoms with Gasteiger partial charge in [-0.15, -0.1) is 0 Å². The maximum atomic E-state index is 12.4. The molecule has 0 bridgehead atoms. The second-order valence-corrected chi connectivity index (χ2v) is 6.95. The minimum atomic E-state index is -0.197. The number of likely N-dealkylation sites (tertiary alicyclic amines) is 1. The lowest BCUT2D eigenvalue weighted by molar-refractivity contribution is 0.103. The zero-order valence-electron chi connectivity index (χ0n) is 14.4. The Labute approximate surface area is 148 Å². The van der Waals surface area contributed by atoms with Crippen molar-refractivity contribution in [2.45, 2.75) is 18.9 Å². The fourth-order valence-corrected chi connectivity index (χ4v) is 4.20. The first-order chi connectivity index (χ1) is 12.3. The summed E-state index contributed by atoms with van der Waals surface area (Å²) in [4.78, 5) is 14.3. The molecule has 2 aliphatic rings. The Hall–Kier alpha value is -2.49. The number of rotatable bonds is 4. The molecule has 4 heteroatoms. The van der Waals surface area contributed by atoms with E-state index in [4.69, 9.17) is 9.47 Å². The minimum Gasteiger partial charge on any atom is -0.496 e. The third-order valence-electron chi connectivity index (χ3n) is 5.57. The van der Waals surface area contributed by atoms with Crippen molar-refractivity contribution in [3.8, 4) is 5.75 Å². The second kappa shape index (κ2) is 6.79. The Kier molecular flexibility index (Phi) is 4.35. The van der Waals surface area contributed by atoms with Gasteiger partial charge in [0, 0.05) is 13.1 Å². The molecular formula is C21H23NO3. The Morgan fingerprint density at radius 1 is 1.08 bits per heavy atom. The van der Waals surface area contributed by atoms with E-state index in [9.17, 15) is 4.79 Å². The molecule has 130 valence electrons. The first-order valence-corrected chi connectivity index (χ1v) is 8.85. The SMILES string of the molecule is COc1ccccc1[C@H]1C[C@@H]2CN(C(=O)OCc3ccccc3)C[C@@H]21. The molecule has 1 amide bonds. The van der Waals surface area contributed by atoms with Crippen LogP contribution >= 0.6 is 0 Å². The van der Waals surface area contributed by atoms with Gasteiger partial charge >= 0.3 is 6.09 Å². The fourth-order valence-electron chi connectivity index (χ4n) is 4.20. The fraction of sp³-hybridized carbons (Fsp3) is 0.381. The highest BCUT2D eigenvalue weighted by molar-refractivity contribution is 5.68. The number of carbonyl (C=O) groups is 1. The normalized spacial score (nSPS) is 24.4. The van der Waals surface area contributed by atoms with Gasteiger partial charge in [0.05, 0.1) is 7.11 Å². The van der Waals surface area contributed by atoms with Crippen LogP contribution in [0.5, 0.6) is 5.75 Å². The molecule has 1 heterocycles. The molecule has 2 aromatic carbocycles. The lowest BCUT2D eigenvalue weighted by Crippen LogP contribution is -2.33. The first kappa shape index (κ1) is 16.0. The molecule has 25 heavy (non-hydrogen) atoms. The molecule has 2 fully saturated rings. The van der Waals surface area contributed by atoms with Crippen LogP contribution in [0.3, 0.4) is 0 Å². The van der Waals surface area contributed by atoms with Gasteiger partial charge in [0.1, 0.15) is 12.4 Å². The lowest BCUT2D eigenvalue weighted by Gasteiger charge is -2.40. The molecule has 0 unspecified atom stereocenters. The Bertz CT molecular complexity index is 746. The summed E-state index contributed by atoms with van der Waals surface area (Å²) in [5.74, 6) is 2.53. The standard InChI is InChI=1S/C21H23NO3/c1-24-20-10-6-5-9-17(20)18-11-16-12-22(13-19(16)18)21(23)25-14-15-7-3-2-4-8-15/h2-10,16,18-19H,11-14H2,1H3/t16-,18-,19+/m1/s1. The number of ether oxygens (including phenoxy) is 2. The van der Waals surface area contributed by atoms with Crippen molar-refractivity contribution in [2.75, 3.05) is 20.2 Å². The van der Waals surface area contributed by atoms with Gasteiger partial charge in [0.25, 0.3) is 0 Å². The van der Waals surface area contributed by atoms with Gasteiger partial charge in [-0.25, -0.2) is 4.79 Å². The molecule has 1 saturated carbocycles. The summed E-state index contributed by atoms with van der Waals surface area (Å²) >= 11 is 0. The van der Waals surface area contributed by atoms with E-state index in [1.165, 1.54) is 5.56 Å². The van der Waals surface area contributed by atoms with E-state index in [1.807, 2.05) is 47.4 Å². The third kappa shape index (κ3) is 3.09. The number of methoxy groups -OCH3 is 1. The number of benzene rings is 2. The monoisotopic (exact) mass is 337 g/mol. The molecule has 0 aromatic heterocycles. The number of hydrogen-bond acceptors (Lipinski definition) is 3. The van der Waals surface area contributed by atoms with Crippen molar-refractivity contribution in [1.82, 2.24) is 4.90 Å². The first-order valence-electron chi connectivity index (χ1n) is 8.85.